The number of phenols is 1. The Morgan fingerprint density at radius 3 is 2.03 bits per heavy atom. The summed E-state index contributed by atoms with van der Waals surface area (Å²) in [5.41, 5.74) is 1.78. The van der Waals surface area contributed by atoms with Crippen molar-refractivity contribution in [2.75, 3.05) is 56.5 Å². The van der Waals surface area contributed by atoms with E-state index in [0.717, 1.165) is 25.1 Å². The van der Waals surface area contributed by atoms with Crippen LogP contribution < -0.4 is 29.7 Å². The third kappa shape index (κ3) is 6.09. The Kier molecular flexibility index (Phi) is 8.55. The van der Waals surface area contributed by atoms with Gasteiger partial charge in [0.05, 0.1) is 21.3 Å². The lowest BCUT2D eigenvalue weighted by atomic mass is 10.1. The molecule has 3 rings (SSSR count). The Morgan fingerprint density at radius 2 is 1.47 bits per heavy atom. The van der Waals surface area contributed by atoms with Gasteiger partial charge in [-0.15, -0.1) is 0 Å². The summed E-state index contributed by atoms with van der Waals surface area (Å²) >= 11 is 0. The van der Waals surface area contributed by atoms with E-state index in [0.29, 0.717) is 47.3 Å². The van der Waals surface area contributed by atoms with Gasteiger partial charge in [-0.25, -0.2) is 0 Å². The van der Waals surface area contributed by atoms with Gasteiger partial charge >= 0.3 is 0 Å². The summed E-state index contributed by atoms with van der Waals surface area (Å²) in [5, 5.41) is 16.0. The van der Waals surface area contributed by atoms with E-state index < -0.39 is 0 Å². The maximum atomic E-state index is 9.46. The van der Waals surface area contributed by atoms with Gasteiger partial charge in [-0.05, 0) is 38.0 Å². The fraction of sp³-hybridized carbons (Fsp3) is 0.375. The summed E-state index contributed by atoms with van der Waals surface area (Å²) in [7, 11) is 4.70. The molecule has 0 spiro atoms. The number of benzene rings is 2. The third-order valence-corrected chi connectivity index (χ3v) is 5.22. The van der Waals surface area contributed by atoms with E-state index in [1.807, 2.05) is 17.0 Å². The molecular formula is C24H32N6O4. The molecule has 3 aromatic rings. The highest BCUT2D eigenvalue weighted by atomic mass is 16.5. The van der Waals surface area contributed by atoms with Gasteiger partial charge in [0.15, 0.2) is 11.5 Å². The molecule has 0 unspecified atom stereocenters. The number of aromatic nitrogens is 3. The molecule has 0 radical (unpaired) electrons. The summed E-state index contributed by atoms with van der Waals surface area (Å²) in [6, 6.07) is 10.7. The normalized spacial score (nSPS) is 10.5. The van der Waals surface area contributed by atoms with Crippen molar-refractivity contribution in [2.45, 2.75) is 20.3 Å². The molecule has 0 saturated heterocycles. The molecule has 10 heteroatoms. The highest BCUT2D eigenvalue weighted by Crippen LogP contribution is 2.40. The van der Waals surface area contributed by atoms with Crippen molar-refractivity contribution in [1.29, 1.82) is 0 Å². The average molecular weight is 469 g/mol. The largest absolute Gasteiger partial charge is 0.508 e. The molecule has 1 aromatic heterocycles. The number of ether oxygens (including phenoxy) is 3. The van der Waals surface area contributed by atoms with E-state index in [1.165, 1.54) is 0 Å². The fourth-order valence-electron chi connectivity index (χ4n) is 3.41. The number of nitrogens with one attached hydrogen (secondary N) is 2. The lowest BCUT2D eigenvalue weighted by molar-refractivity contribution is 0.324. The first-order valence-electron chi connectivity index (χ1n) is 11.1. The first kappa shape index (κ1) is 24.7. The Labute approximate surface area is 199 Å². The zero-order chi connectivity index (χ0) is 24.5. The highest BCUT2D eigenvalue weighted by Gasteiger charge is 2.16. The maximum absolute atomic E-state index is 9.46. The van der Waals surface area contributed by atoms with Crippen LogP contribution in [-0.2, 0) is 6.42 Å². The van der Waals surface area contributed by atoms with Crippen LogP contribution in [0.4, 0.5) is 23.5 Å². The van der Waals surface area contributed by atoms with Gasteiger partial charge < -0.3 is 34.9 Å². The number of rotatable bonds is 12. The van der Waals surface area contributed by atoms with Crippen molar-refractivity contribution in [2.24, 2.45) is 0 Å². The van der Waals surface area contributed by atoms with E-state index in [4.69, 9.17) is 14.2 Å². The minimum Gasteiger partial charge on any atom is -0.508 e. The molecule has 34 heavy (non-hydrogen) atoms. The number of anilines is 4. The Hall–Kier alpha value is -3.95. The molecule has 0 atom stereocenters. The average Bonchev–Trinajstić information content (AvgIpc) is 2.85. The van der Waals surface area contributed by atoms with Crippen molar-refractivity contribution >= 4 is 23.5 Å². The van der Waals surface area contributed by atoms with Crippen LogP contribution in [0.3, 0.4) is 0 Å². The number of methoxy groups -OCH3 is 3. The smallest absolute Gasteiger partial charge is 0.233 e. The molecule has 0 saturated carbocycles. The van der Waals surface area contributed by atoms with Gasteiger partial charge in [0, 0.05) is 37.5 Å². The van der Waals surface area contributed by atoms with Crippen LogP contribution in [0.2, 0.25) is 0 Å². The number of nitrogens with zero attached hydrogens (tertiary/aromatic N) is 4. The van der Waals surface area contributed by atoms with Crippen LogP contribution >= 0.6 is 0 Å². The Morgan fingerprint density at radius 1 is 0.853 bits per heavy atom. The van der Waals surface area contributed by atoms with Crippen molar-refractivity contribution in [3.05, 3.63) is 42.0 Å². The topological polar surface area (TPSA) is 114 Å². The molecule has 3 N–H and O–H groups in total. The number of hydrogen-bond donors (Lipinski definition) is 3. The first-order chi connectivity index (χ1) is 16.5. The quantitative estimate of drug-likeness (QED) is 0.362. The predicted octanol–water partition coefficient (Wildman–Crippen LogP) is 3.85. The molecule has 0 aliphatic rings. The van der Waals surface area contributed by atoms with Crippen LogP contribution in [0.25, 0.3) is 0 Å². The van der Waals surface area contributed by atoms with Gasteiger partial charge in [0.1, 0.15) is 5.75 Å². The second-order valence-corrected chi connectivity index (χ2v) is 7.34. The van der Waals surface area contributed by atoms with Crippen LogP contribution in [-0.4, -0.2) is 61.0 Å². The molecule has 0 fully saturated rings. The molecule has 182 valence electrons. The molecule has 0 aliphatic carbocycles. The number of phenolic OH excluding ortho intramolecular Hbond substituents is 1. The van der Waals surface area contributed by atoms with Crippen LogP contribution in [0.1, 0.15) is 19.4 Å². The van der Waals surface area contributed by atoms with Gasteiger partial charge in [-0.1, -0.05) is 12.1 Å². The number of aromatic hydroxyl groups is 1. The molecule has 1 heterocycles. The minimum atomic E-state index is 0.251. The lowest BCUT2D eigenvalue weighted by Crippen LogP contribution is -2.25. The summed E-state index contributed by atoms with van der Waals surface area (Å²) < 4.78 is 16.3. The summed E-state index contributed by atoms with van der Waals surface area (Å²) in [6.07, 6.45) is 0.752. The number of hydrogen-bond acceptors (Lipinski definition) is 10. The summed E-state index contributed by atoms with van der Waals surface area (Å²) in [5.74, 6) is 3.22. The highest BCUT2D eigenvalue weighted by molar-refractivity contribution is 5.66. The molecule has 0 amide bonds. The predicted molar refractivity (Wildman–Crippen MR) is 133 cm³/mol. The maximum Gasteiger partial charge on any atom is 0.233 e. The molecule has 0 bridgehead atoms. The van der Waals surface area contributed by atoms with Gasteiger partial charge in [-0.3, -0.25) is 0 Å². The van der Waals surface area contributed by atoms with Crippen molar-refractivity contribution in [3.8, 4) is 23.0 Å². The molecule has 0 aliphatic heterocycles. The first-order valence-corrected chi connectivity index (χ1v) is 11.1. The van der Waals surface area contributed by atoms with Crippen LogP contribution in [0.5, 0.6) is 23.0 Å². The monoisotopic (exact) mass is 468 g/mol. The molecular weight excluding hydrogens is 436 g/mol. The van der Waals surface area contributed by atoms with E-state index in [9.17, 15) is 5.11 Å². The zero-order valence-corrected chi connectivity index (χ0v) is 20.3. The summed E-state index contributed by atoms with van der Waals surface area (Å²) in [4.78, 5) is 15.8. The third-order valence-electron chi connectivity index (χ3n) is 5.22. The summed E-state index contributed by atoms with van der Waals surface area (Å²) in [6.45, 7) is 6.25. The molecule has 2 aromatic carbocycles. The van der Waals surface area contributed by atoms with Crippen LogP contribution in [0.15, 0.2) is 36.4 Å². The SMILES string of the molecule is CCN(CC)c1nc(NCCc2ccc(O)cc2)nc(Nc2cc(OC)c(OC)c(OC)c2)n1. The lowest BCUT2D eigenvalue weighted by Gasteiger charge is -2.20. The minimum absolute atomic E-state index is 0.251. The van der Waals surface area contributed by atoms with Crippen molar-refractivity contribution in [1.82, 2.24) is 15.0 Å². The van der Waals surface area contributed by atoms with Crippen molar-refractivity contribution < 1.29 is 19.3 Å². The standard InChI is InChI=1S/C24H32N6O4/c1-6-30(7-2)24-28-22(25-13-12-16-8-10-18(31)11-9-16)27-23(29-24)26-17-14-19(32-3)21(34-5)20(15-17)33-4/h8-11,14-15,31H,6-7,12-13H2,1-5H3,(H2,25,26,27,28,29). The van der Waals surface area contributed by atoms with E-state index in [-0.39, 0.29) is 5.75 Å². The Balaban J connectivity index is 1.86. The van der Waals surface area contributed by atoms with Crippen molar-refractivity contribution in [3.63, 3.8) is 0 Å². The second-order valence-electron chi connectivity index (χ2n) is 7.34. The van der Waals surface area contributed by atoms with Gasteiger partial charge in [0.25, 0.3) is 0 Å². The molecule has 10 nitrogen and oxygen atoms in total. The van der Waals surface area contributed by atoms with E-state index in [2.05, 4.69) is 39.4 Å². The second kappa shape index (κ2) is 11.8. The van der Waals surface area contributed by atoms with Gasteiger partial charge in [0.2, 0.25) is 23.6 Å². The fourth-order valence-corrected chi connectivity index (χ4v) is 3.41. The zero-order valence-electron chi connectivity index (χ0n) is 20.3. The van der Waals surface area contributed by atoms with E-state index >= 15 is 0 Å². The van der Waals surface area contributed by atoms with E-state index in [1.54, 1.807) is 45.6 Å². The van der Waals surface area contributed by atoms with Crippen LogP contribution in [0, 0.1) is 0 Å². The Bertz CT molecular complexity index is 1050. The van der Waals surface area contributed by atoms with Gasteiger partial charge in [-0.2, -0.15) is 15.0 Å².